The molecule has 0 aliphatic rings. The van der Waals surface area contributed by atoms with E-state index in [2.05, 4.69) is 26.0 Å². The highest BCUT2D eigenvalue weighted by molar-refractivity contribution is 9.10. The Morgan fingerprint density at radius 3 is 2.90 bits per heavy atom. The zero-order chi connectivity index (χ0) is 14.3. The number of rotatable bonds is 2. The Morgan fingerprint density at radius 2 is 2.15 bits per heavy atom. The predicted octanol–water partition coefficient (Wildman–Crippen LogP) is 3.40. The number of aromatic nitrogens is 3. The minimum atomic E-state index is -0.421. The van der Waals surface area contributed by atoms with Crippen LogP contribution in [0, 0.1) is 17.0 Å². The molecule has 6 nitrogen and oxygen atoms in total. The first-order chi connectivity index (χ1) is 9.58. The smallest absolute Gasteiger partial charge is 0.258 e. The third kappa shape index (κ3) is 1.96. The predicted molar refractivity (Wildman–Crippen MR) is 78.0 cm³/mol. The molecule has 1 aromatic carbocycles. The first-order valence-electron chi connectivity index (χ1n) is 5.81. The third-order valence-electron chi connectivity index (χ3n) is 3.03. The van der Waals surface area contributed by atoms with E-state index in [0.717, 1.165) is 15.4 Å². The number of nitro groups is 1. The van der Waals surface area contributed by atoms with Gasteiger partial charge in [0.1, 0.15) is 0 Å². The van der Waals surface area contributed by atoms with E-state index in [1.807, 2.05) is 13.0 Å². The van der Waals surface area contributed by atoms with Crippen molar-refractivity contribution >= 4 is 32.5 Å². The SMILES string of the molecule is Cc1ccnc(-n2ncc3ccc([N+](=O)[O-])cc32)c1Br. The van der Waals surface area contributed by atoms with Crippen molar-refractivity contribution < 1.29 is 4.92 Å². The number of non-ortho nitro benzene ring substituents is 1. The second kappa shape index (κ2) is 4.68. The summed E-state index contributed by atoms with van der Waals surface area (Å²) in [5.74, 6) is 0.612. The van der Waals surface area contributed by atoms with Gasteiger partial charge in [-0.3, -0.25) is 10.1 Å². The Bertz CT molecular complexity index is 828. The molecule has 0 unspecified atom stereocenters. The molecule has 0 aliphatic heterocycles. The molecule has 3 aromatic rings. The van der Waals surface area contributed by atoms with Crippen LogP contribution in [0.25, 0.3) is 16.7 Å². The van der Waals surface area contributed by atoms with Crippen LogP contribution in [0.15, 0.2) is 41.1 Å². The molecular formula is C13H9BrN4O2. The van der Waals surface area contributed by atoms with Gasteiger partial charge in [-0.2, -0.15) is 5.10 Å². The summed E-state index contributed by atoms with van der Waals surface area (Å²) in [4.78, 5) is 14.8. The number of fused-ring (bicyclic) bond motifs is 1. The molecular weight excluding hydrogens is 324 g/mol. The van der Waals surface area contributed by atoms with Crippen molar-refractivity contribution in [2.45, 2.75) is 6.92 Å². The summed E-state index contributed by atoms with van der Waals surface area (Å²) in [6.07, 6.45) is 3.34. The molecule has 0 spiro atoms. The van der Waals surface area contributed by atoms with Gasteiger partial charge in [0.05, 0.1) is 21.1 Å². The Hall–Kier alpha value is -2.28. The van der Waals surface area contributed by atoms with E-state index in [-0.39, 0.29) is 5.69 Å². The fraction of sp³-hybridized carbons (Fsp3) is 0.0769. The first kappa shape index (κ1) is 12.7. The van der Waals surface area contributed by atoms with Crippen LogP contribution in [-0.4, -0.2) is 19.7 Å². The van der Waals surface area contributed by atoms with E-state index in [9.17, 15) is 10.1 Å². The summed E-state index contributed by atoms with van der Waals surface area (Å²) < 4.78 is 2.41. The highest BCUT2D eigenvalue weighted by Crippen LogP contribution is 2.27. The van der Waals surface area contributed by atoms with Gasteiger partial charge in [-0.1, -0.05) is 0 Å². The number of benzene rings is 1. The molecule has 0 amide bonds. The van der Waals surface area contributed by atoms with Crippen LogP contribution in [0.3, 0.4) is 0 Å². The summed E-state index contributed by atoms with van der Waals surface area (Å²) in [6, 6.07) is 6.52. The van der Waals surface area contributed by atoms with E-state index in [0.29, 0.717) is 11.3 Å². The van der Waals surface area contributed by atoms with E-state index >= 15 is 0 Å². The van der Waals surface area contributed by atoms with Crippen LogP contribution in [0.1, 0.15) is 5.56 Å². The van der Waals surface area contributed by atoms with Crippen molar-refractivity contribution in [3.8, 4) is 5.82 Å². The molecule has 7 heteroatoms. The standard InChI is InChI=1S/C13H9BrN4O2/c1-8-4-5-15-13(12(8)14)17-11-6-10(18(19)20)3-2-9(11)7-16-17/h2-7H,1H3. The molecule has 0 atom stereocenters. The number of halogens is 1. The fourth-order valence-electron chi connectivity index (χ4n) is 1.96. The average molecular weight is 333 g/mol. The van der Waals surface area contributed by atoms with Crippen LogP contribution < -0.4 is 0 Å². The Kier molecular flexibility index (Phi) is 2.98. The Balaban J connectivity index is 2.28. The van der Waals surface area contributed by atoms with E-state index in [1.54, 1.807) is 23.1 Å². The largest absolute Gasteiger partial charge is 0.271 e. The minimum Gasteiger partial charge on any atom is -0.258 e. The van der Waals surface area contributed by atoms with Gasteiger partial charge < -0.3 is 0 Å². The summed E-state index contributed by atoms with van der Waals surface area (Å²) in [5.41, 5.74) is 1.70. The van der Waals surface area contributed by atoms with Gasteiger partial charge in [0.15, 0.2) is 5.82 Å². The van der Waals surface area contributed by atoms with Gasteiger partial charge in [0, 0.05) is 23.7 Å². The molecule has 0 aliphatic carbocycles. The second-order valence-corrected chi connectivity index (χ2v) is 5.12. The molecule has 2 heterocycles. The maximum Gasteiger partial charge on any atom is 0.271 e. The summed E-state index contributed by atoms with van der Waals surface area (Å²) in [5, 5.41) is 16.0. The molecule has 0 N–H and O–H groups in total. The molecule has 2 aromatic heterocycles. The zero-order valence-corrected chi connectivity index (χ0v) is 12.0. The quantitative estimate of drug-likeness (QED) is 0.532. The number of nitrogens with zero attached hydrogens (tertiary/aromatic N) is 4. The summed E-state index contributed by atoms with van der Waals surface area (Å²) >= 11 is 3.48. The average Bonchev–Trinajstić information content (AvgIpc) is 2.84. The van der Waals surface area contributed by atoms with Gasteiger partial charge in [-0.25, -0.2) is 9.67 Å². The minimum absolute atomic E-state index is 0.0306. The molecule has 0 bridgehead atoms. The summed E-state index contributed by atoms with van der Waals surface area (Å²) in [6.45, 7) is 1.95. The number of hydrogen-bond acceptors (Lipinski definition) is 4. The maximum absolute atomic E-state index is 10.9. The van der Waals surface area contributed by atoms with Crippen molar-refractivity contribution in [1.82, 2.24) is 14.8 Å². The molecule has 0 saturated heterocycles. The van der Waals surface area contributed by atoms with Crippen molar-refractivity contribution in [2.24, 2.45) is 0 Å². The normalized spacial score (nSPS) is 10.9. The van der Waals surface area contributed by atoms with Crippen LogP contribution in [0.4, 0.5) is 5.69 Å². The fourth-order valence-corrected chi connectivity index (χ4v) is 2.37. The lowest BCUT2D eigenvalue weighted by atomic mass is 10.2. The second-order valence-electron chi connectivity index (χ2n) is 4.32. The zero-order valence-electron chi connectivity index (χ0n) is 10.4. The van der Waals surface area contributed by atoms with Gasteiger partial charge in [-0.05, 0) is 40.5 Å². The monoisotopic (exact) mass is 332 g/mol. The van der Waals surface area contributed by atoms with Crippen LogP contribution in [0.5, 0.6) is 0 Å². The third-order valence-corrected chi connectivity index (χ3v) is 4.01. The number of nitro benzene ring substituents is 1. The molecule has 0 saturated carbocycles. The van der Waals surface area contributed by atoms with E-state index in [4.69, 9.17) is 0 Å². The van der Waals surface area contributed by atoms with Crippen molar-refractivity contribution in [2.75, 3.05) is 0 Å². The molecule has 3 rings (SSSR count). The maximum atomic E-state index is 10.9. The molecule has 0 fully saturated rings. The lowest BCUT2D eigenvalue weighted by Crippen LogP contribution is -2.01. The van der Waals surface area contributed by atoms with E-state index < -0.39 is 4.92 Å². The Morgan fingerprint density at radius 1 is 1.35 bits per heavy atom. The van der Waals surface area contributed by atoms with E-state index in [1.165, 1.54) is 12.1 Å². The highest BCUT2D eigenvalue weighted by atomic mass is 79.9. The highest BCUT2D eigenvalue weighted by Gasteiger charge is 2.14. The van der Waals surface area contributed by atoms with Gasteiger partial charge in [0.2, 0.25) is 0 Å². The van der Waals surface area contributed by atoms with Gasteiger partial charge >= 0.3 is 0 Å². The van der Waals surface area contributed by atoms with Gasteiger partial charge in [-0.15, -0.1) is 0 Å². The summed E-state index contributed by atoms with van der Waals surface area (Å²) in [7, 11) is 0. The number of pyridine rings is 1. The number of aryl methyl sites for hydroxylation is 1. The van der Waals surface area contributed by atoms with Crippen molar-refractivity contribution in [3.05, 3.63) is 56.8 Å². The molecule has 0 radical (unpaired) electrons. The van der Waals surface area contributed by atoms with Crippen LogP contribution in [-0.2, 0) is 0 Å². The van der Waals surface area contributed by atoms with Crippen molar-refractivity contribution in [3.63, 3.8) is 0 Å². The molecule has 20 heavy (non-hydrogen) atoms. The lowest BCUT2D eigenvalue weighted by Gasteiger charge is -2.06. The van der Waals surface area contributed by atoms with Crippen LogP contribution >= 0.6 is 15.9 Å². The Labute approximate surface area is 122 Å². The van der Waals surface area contributed by atoms with Crippen molar-refractivity contribution in [1.29, 1.82) is 0 Å². The topological polar surface area (TPSA) is 73.8 Å². The lowest BCUT2D eigenvalue weighted by molar-refractivity contribution is -0.384. The van der Waals surface area contributed by atoms with Crippen LogP contribution in [0.2, 0.25) is 0 Å². The first-order valence-corrected chi connectivity index (χ1v) is 6.61. The molecule has 100 valence electrons. The number of hydrogen-bond donors (Lipinski definition) is 0. The van der Waals surface area contributed by atoms with Gasteiger partial charge in [0.25, 0.3) is 5.69 Å².